The van der Waals surface area contributed by atoms with E-state index in [1.54, 1.807) is 0 Å². The molecule has 0 spiro atoms. The van der Waals surface area contributed by atoms with E-state index in [0.717, 1.165) is 13.1 Å². The first-order valence-corrected chi connectivity index (χ1v) is 2.52. The Bertz CT molecular complexity index is 34.9. The predicted octanol–water partition coefficient (Wildman–Crippen LogP) is -3.45. The van der Waals surface area contributed by atoms with E-state index in [0.29, 0.717) is 13.1 Å². The molecule has 10 heavy (non-hydrogen) atoms. The summed E-state index contributed by atoms with van der Waals surface area (Å²) >= 11 is 0. The summed E-state index contributed by atoms with van der Waals surface area (Å²) in [5.41, 5.74) is 10.3. The van der Waals surface area contributed by atoms with Crippen molar-refractivity contribution in [3.05, 3.63) is 0 Å². The van der Waals surface area contributed by atoms with Crippen LogP contribution in [-0.4, -0.2) is 115 Å². The van der Waals surface area contributed by atoms with Gasteiger partial charge in [-0.25, -0.2) is 0 Å². The summed E-state index contributed by atoms with van der Waals surface area (Å²) in [6.45, 7) is 3.13. The van der Waals surface area contributed by atoms with Gasteiger partial charge in [0.1, 0.15) is 0 Å². The predicted molar refractivity (Wildman–Crippen MR) is 52.4 cm³/mol. The molecule has 0 aliphatic rings. The average Bonchev–Trinajstić information content (AvgIpc) is 1.69. The fourth-order valence-corrected chi connectivity index (χ4v) is 0.329. The van der Waals surface area contributed by atoms with E-state index in [-0.39, 0.29) is 88.7 Å². The molecule has 0 aromatic carbocycles. The van der Waals surface area contributed by atoms with Gasteiger partial charge in [0.15, 0.2) is 0 Å². The summed E-state index contributed by atoms with van der Waals surface area (Å²) in [7, 11) is 0. The number of rotatable bonds is 4. The maximum absolute atomic E-state index is 5.17. The number of hydrogen-bond donors (Lipinski definition) is 3. The second kappa shape index (κ2) is 22.6. The van der Waals surface area contributed by atoms with Crippen molar-refractivity contribution in [2.24, 2.45) is 11.5 Å². The summed E-state index contributed by atoms with van der Waals surface area (Å²) in [6.07, 6.45) is 0. The molecule has 0 aliphatic carbocycles. The monoisotopic (exact) mass is 175 g/mol. The summed E-state index contributed by atoms with van der Waals surface area (Å²) < 4.78 is 0. The van der Waals surface area contributed by atoms with Gasteiger partial charge in [0.25, 0.3) is 0 Å². The molecule has 3 nitrogen and oxygen atoms in total. The molecule has 6 heteroatoms. The Balaban J connectivity index is -0.0000000600. The van der Waals surface area contributed by atoms with Gasteiger partial charge in [-0.05, 0) is 0 Å². The van der Waals surface area contributed by atoms with Crippen molar-refractivity contribution in [2.45, 2.75) is 0 Å². The molecule has 0 fully saturated rings. The SMILES string of the molecule is NCCNCCN.[NaH].[NaH].[NaH]. The van der Waals surface area contributed by atoms with Gasteiger partial charge < -0.3 is 16.8 Å². The van der Waals surface area contributed by atoms with Crippen LogP contribution in [0, 0.1) is 0 Å². The topological polar surface area (TPSA) is 64.1 Å². The quantitative estimate of drug-likeness (QED) is 0.307. The van der Waals surface area contributed by atoms with Crippen LogP contribution in [0.2, 0.25) is 0 Å². The van der Waals surface area contributed by atoms with Crippen LogP contribution >= 0.6 is 0 Å². The molecule has 0 aromatic rings. The second-order valence-corrected chi connectivity index (χ2v) is 1.33. The fourth-order valence-electron chi connectivity index (χ4n) is 0.329. The second-order valence-electron chi connectivity index (χ2n) is 1.33. The van der Waals surface area contributed by atoms with Crippen molar-refractivity contribution in [3.63, 3.8) is 0 Å². The van der Waals surface area contributed by atoms with Gasteiger partial charge in [0, 0.05) is 26.2 Å². The zero-order valence-corrected chi connectivity index (χ0v) is 4.48. The molecule has 0 aromatic heterocycles. The summed E-state index contributed by atoms with van der Waals surface area (Å²) in [5, 5.41) is 3.03. The first-order valence-electron chi connectivity index (χ1n) is 2.52. The van der Waals surface area contributed by atoms with Crippen LogP contribution in [0.25, 0.3) is 0 Å². The molecule has 0 unspecified atom stereocenters. The van der Waals surface area contributed by atoms with E-state index in [4.69, 9.17) is 11.5 Å². The summed E-state index contributed by atoms with van der Waals surface area (Å²) in [4.78, 5) is 0. The van der Waals surface area contributed by atoms with Crippen LogP contribution in [0.1, 0.15) is 0 Å². The zero-order chi connectivity index (χ0) is 5.54. The normalized spacial score (nSPS) is 6.60. The van der Waals surface area contributed by atoms with Crippen molar-refractivity contribution in [1.29, 1.82) is 0 Å². The van der Waals surface area contributed by atoms with E-state index in [2.05, 4.69) is 5.32 Å². The zero-order valence-electron chi connectivity index (χ0n) is 4.48. The Morgan fingerprint density at radius 2 is 1.10 bits per heavy atom. The van der Waals surface area contributed by atoms with Crippen LogP contribution in [-0.2, 0) is 0 Å². The van der Waals surface area contributed by atoms with E-state index >= 15 is 0 Å². The average molecular weight is 175 g/mol. The molecule has 0 saturated carbocycles. The van der Waals surface area contributed by atoms with E-state index < -0.39 is 0 Å². The van der Waals surface area contributed by atoms with Crippen molar-refractivity contribution >= 4 is 88.7 Å². The molecule has 0 aliphatic heterocycles. The van der Waals surface area contributed by atoms with E-state index in [1.165, 1.54) is 0 Å². The molecular formula is C4H16N3Na3. The molecular weight excluding hydrogens is 159 g/mol. The van der Waals surface area contributed by atoms with Gasteiger partial charge in [-0.15, -0.1) is 0 Å². The third-order valence-corrected chi connectivity index (χ3v) is 0.642. The van der Waals surface area contributed by atoms with Crippen molar-refractivity contribution < 1.29 is 0 Å². The fraction of sp³-hybridized carbons (Fsp3) is 1.00. The van der Waals surface area contributed by atoms with Gasteiger partial charge >= 0.3 is 88.7 Å². The molecule has 0 bridgehead atoms. The Morgan fingerprint density at radius 1 is 0.800 bits per heavy atom. The molecule has 50 valence electrons. The van der Waals surface area contributed by atoms with Crippen molar-refractivity contribution in [1.82, 2.24) is 5.32 Å². The Morgan fingerprint density at radius 3 is 1.30 bits per heavy atom. The maximum atomic E-state index is 5.17. The van der Waals surface area contributed by atoms with E-state index in [9.17, 15) is 0 Å². The number of hydrogen-bond acceptors (Lipinski definition) is 3. The van der Waals surface area contributed by atoms with Crippen LogP contribution in [0.4, 0.5) is 0 Å². The minimum atomic E-state index is 0. The Labute approximate surface area is 129 Å². The molecule has 0 heterocycles. The van der Waals surface area contributed by atoms with Gasteiger partial charge in [-0.3, -0.25) is 0 Å². The van der Waals surface area contributed by atoms with Crippen LogP contribution in [0.5, 0.6) is 0 Å². The minimum absolute atomic E-state index is 0. The molecule has 0 saturated heterocycles. The number of nitrogens with one attached hydrogen (secondary N) is 1. The van der Waals surface area contributed by atoms with Crippen molar-refractivity contribution in [3.8, 4) is 0 Å². The Hall–Kier alpha value is 2.88. The Kier molecular flexibility index (Phi) is 52.2. The summed E-state index contributed by atoms with van der Waals surface area (Å²) in [5.74, 6) is 0. The van der Waals surface area contributed by atoms with Gasteiger partial charge in [0.05, 0.1) is 0 Å². The molecule has 0 atom stereocenters. The van der Waals surface area contributed by atoms with Crippen LogP contribution in [0.15, 0.2) is 0 Å². The van der Waals surface area contributed by atoms with Crippen molar-refractivity contribution in [2.75, 3.05) is 26.2 Å². The standard InChI is InChI=1S/C4H13N3.3Na.3H/c5-1-3-7-4-2-6;;;;;;/h7H,1-6H2;;;;;;. The first-order chi connectivity index (χ1) is 3.41. The third kappa shape index (κ3) is 22.4. The summed E-state index contributed by atoms with van der Waals surface area (Å²) in [6, 6.07) is 0. The van der Waals surface area contributed by atoms with Gasteiger partial charge in [-0.1, -0.05) is 0 Å². The van der Waals surface area contributed by atoms with Gasteiger partial charge in [-0.2, -0.15) is 0 Å². The molecule has 5 N–H and O–H groups in total. The van der Waals surface area contributed by atoms with Crippen LogP contribution < -0.4 is 16.8 Å². The van der Waals surface area contributed by atoms with Crippen LogP contribution in [0.3, 0.4) is 0 Å². The molecule has 0 rings (SSSR count). The number of nitrogens with two attached hydrogens (primary N) is 2. The first kappa shape index (κ1) is 23.1. The third-order valence-electron chi connectivity index (χ3n) is 0.642. The van der Waals surface area contributed by atoms with Gasteiger partial charge in [0.2, 0.25) is 0 Å². The molecule has 0 amide bonds. The molecule has 0 radical (unpaired) electrons. The van der Waals surface area contributed by atoms with E-state index in [1.807, 2.05) is 0 Å².